The Labute approximate surface area is 151 Å². The minimum absolute atomic E-state index is 0.163. The zero-order valence-corrected chi connectivity index (χ0v) is 16.5. The summed E-state index contributed by atoms with van der Waals surface area (Å²) in [6.07, 6.45) is 6.13. The number of nitrogens with one attached hydrogen (secondary N) is 2. The summed E-state index contributed by atoms with van der Waals surface area (Å²) in [4.78, 5) is 11.5. The summed E-state index contributed by atoms with van der Waals surface area (Å²) >= 11 is 1.75. The molecule has 0 unspecified atom stereocenters. The van der Waals surface area contributed by atoms with Crippen molar-refractivity contribution in [1.82, 2.24) is 20.5 Å². The van der Waals surface area contributed by atoms with Crippen LogP contribution in [0.5, 0.6) is 0 Å². The third kappa shape index (κ3) is 6.06. The third-order valence-electron chi connectivity index (χ3n) is 4.65. The second-order valence-corrected chi connectivity index (χ2v) is 8.14. The van der Waals surface area contributed by atoms with Crippen LogP contribution in [-0.2, 0) is 6.42 Å². The molecule has 0 spiro atoms. The molecule has 0 aromatic carbocycles. The van der Waals surface area contributed by atoms with Crippen LogP contribution in [0.15, 0.2) is 10.4 Å². The molecule has 2 heterocycles. The summed E-state index contributed by atoms with van der Waals surface area (Å²) in [5.74, 6) is 0.899. The van der Waals surface area contributed by atoms with E-state index in [1.807, 2.05) is 14.0 Å². The van der Waals surface area contributed by atoms with Crippen molar-refractivity contribution < 1.29 is 0 Å². The van der Waals surface area contributed by atoms with Crippen LogP contribution in [0, 0.1) is 6.92 Å². The van der Waals surface area contributed by atoms with E-state index in [-0.39, 0.29) is 5.54 Å². The molecule has 136 valence electrons. The molecule has 1 aromatic rings. The molecular weight excluding hydrogens is 318 g/mol. The Kier molecular flexibility index (Phi) is 7.49. The standard InChI is InChI=1S/C18H33N5S/c1-15-13-24-16(22-15)9-8-10-20-17(19-4)21-14-18(2,3)23-11-6-5-7-12-23/h13H,5-12,14H2,1-4H3,(H2,19,20,21). The summed E-state index contributed by atoms with van der Waals surface area (Å²) in [5, 5.41) is 10.3. The lowest BCUT2D eigenvalue weighted by molar-refractivity contribution is 0.0982. The first-order valence-corrected chi connectivity index (χ1v) is 10.00. The molecule has 0 saturated carbocycles. The minimum Gasteiger partial charge on any atom is -0.356 e. The second-order valence-electron chi connectivity index (χ2n) is 7.20. The van der Waals surface area contributed by atoms with E-state index < -0.39 is 0 Å². The maximum atomic E-state index is 4.51. The summed E-state index contributed by atoms with van der Waals surface area (Å²) in [6, 6.07) is 0. The fourth-order valence-electron chi connectivity index (χ4n) is 3.10. The van der Waals surface area contributed by atoms with Gasteiger partial charge < -0.3 is 10.6 Å². The second kappa shape index (κ2) is 9.37. The first kappa shape index (κ1) is 19.2. The zero-order chi connectivity index (χ0) is 17.4. The van der Waals surface area contributed by atoms with Gasteiger partial charge in [0.1, 0.15) is 0 Å². The summed E-state index contributed by atoms with van der Waals surface area (Å²) in [7, 11) is 1.84. The van der Waals surface area contributed by atoms with Gasteiger partial charge in [-0.1, -0.05) is 6.42 Å². The van der Waals surface area contributed by atoms with Crippen molar-refractivity contribution >= 4 is 17.3 Å². The number of nitrogens with zero attached hydrogens (tertiary/aromatic N) is 3. The first-order chi connectivity index (χ1) is 11.5. The highest BCUT2D eigenvalue weighted by atomic mass is 32.1. The third-order valence-corrected chi connectivity index (χ3v) is 5.68. The molecule has 1 aliphatic heterocycles. The summed E-state index contributed by atoms with van der Waals surface area (Å²) in [6.45, 7) is 11.0. The smallest absolute Gasteiger partial charge is 0.191 e. The normalized spacial score (nSPS) is 17.1. The quantitative estimate of drug-likeness (QED) is 0.451. The van der Waals surface area contributed by atoms with Gasteiger partial charge >= 0.3 is 0 Å². The van der Waals surface area contributed by atoms with Gasteiger partial charge in [-0.2, -0.15) is 0 Å². The van der Waals surface area contributed by atoms with Crippen LogP contribution in [0.2, 0.25) is 0 Å². The Bertz CT molecular complexity index is 517. The Balaban J connectivity index is 1.67. The van der Waals surface area contributed by atoms with E-state index in [1.165, 1.54) is 37.4 Å². The largest absolute Gasteiger partial charge is 0.356 e. The number of aliphatic imine (C=N–C) groups is 1. The fourth-order valence-corrected chi connectivity index (χ4v) is 3.91. The highest BCUT2D eigenvalue weighted by Gasteiger charge is 2.27. The number of likely N-dealkylation sites (tertiary alicyclic amines) is 1. The Morgan fingerprint density at radius 2 is 2.04 bits per heavy atom. The van der Waals surface area contributed by atoms with Crippen LogP contribution in [0.3, 0.4) is 0 Å². The molecule has 0 aliphatic carbocycles. The van der Waals surface area contributed by atoms with E-state index in [0.717, 1.165) is 37.6 Å². The molecule has 24 heavy (non-hydrogen) atoms. The van der Waals surface area contributed by atoms with Crippen LogP contribution in [-0.4, -0.2) is 54.6 Å². The van der Waals surface area contributed by atoms with Gasteiger partial charge in [0.15, 0.2) is 5.96 Å². The average Bonchev–Trinajstić information content (AvgIpc) is 3.00. The Morgan fingerprint density at radius 3 is 2.67 bits per heavy atom. The van der Waals surface area contributed by atoms with E-state index in [1.54, 1.807) is 11.3 Å². The number of hydrogen-bond donors (Lipinski definition) is 2. The first-order valence-electron chi connectivity index (χ1n) is 9.12. The van der Waals surface area contributed by atoms with Crippen LogP contribution in [0.4, 0.5) is 0 Å². The molecule has 0 radical (unpaired) electrons. The van der Waals surface area contributed by atoms with Gasteiger partial charge in [0.05, 0.1) is 5.01 Å². The van der Waals surface area contributed by atoms with E-state index in [9.17, 15) is 0 Å². The molecule has 0 atom stereocenters. The van der Waals surface area contributed by atoms with Gasteiger partial charge in [0.25, 0.3) is 0 Å². The maximum absolute atomic E-state index is 4.51. The van der Waals surface area contributed by atoms with Crippen LogP contribution in [0.25, 0.3) is 0 Å². The van der Waals surface area contributed by atoms with Crippen molar-refractivity contribution in [3.63, 3.8) is 0 Å². The SMILES string of the molecule is CN=C(NCCCc1nc(C)cs1)NCC(C)(C)N1CCCCC1. The molecular formula is C18H33N5S. The molecule has 2 N–H and O–H groups in total. The highest BCUT2D eigenvalue weighted by Crippen LogP contribution is 2.19. The lowest BCUT2D eigenvalue weighted by atomic mass is 9.98. The van der Waals surface area contributed by atoms with Gasteiger partial charge in [-0.15, -0.1) is 11.3 Å². The number of thiazole rings is 1. The maximum Gasteiger partial charge on any atom is 0.191 e. The topological polar surface area (TPSA) is 52.6 Å². The lowest BCUT2D eigenvalue weighted by Gasteiger charge is -2.41. The molecule has 0 bridgehead atoms. The molecule has 1 fully saturated rings. The average molecular weight is 352 g/mol. The molecule has 1 aliphatic rings. The van der Waals surface area contributed by atoms with E-state index in [0.29, 0.717) is 0 Å². The number of aryl methyl sites for hydroxylation is 2. The van der Waals surface area contributed by atoms with Crippen LogP contribution < -0.4 is 10.6 Å². The van der Waals surface area contributed by atoms with Crippen LogP contribution in [0.1, 0.15) is 50.2 Å². The molecule has 1 aromatic heterocycles. The van der Waals surface area contributed by atoms with Crippen LogP contribution >= 0.6 is 11.3 Å². The molecule has 2 rings (SSSR count). The predicted octanol–water partition coefficient (Wildman–Crippen LogP) is 2.81. The minimum atomic E-state index is 0.163. The van der Waals surface area contributed by atoms with Gasteiger partial charge in [0, 0.05) is 43.2 Å². The Morgan fingerprint density at radius 1 is 1.29 bits per heavy atom. The fraction of sp³-hybridized carbons (Fsp3) is 0.778. The van der Waals surface area contributed by atoms with Gasteiger partial charge in [-0.25, -0.2) is 4.98 Å². The van der Waals surface area contributed by atoms with Crippen molar-refractivity contribution in [2.75, 3.05) is 33.2 Å². The predicted molar refractivity (Wildman–Crippen MR) is 104 cm³/mol. The Hall–Kier alpha value is -1.14. The van der Waals surface area contributed by atoms with Crippen molar-refractivity contribution in [3.05, 3.63) is 16.1 Å². The lowest BCUT2D eigenvalue weighted by Crippen LogP contribution is -2.54. The number of aromatic nitrogens is 1. The number of guanidine groups is 1. The number of rotatable bonds is 7. The number of hydrogen-bond acceptors (Lipinski definition) is 4. The van der Waals surface area contributed by atoms with Crippen molar-refractivity contribution in [2.24, 2.45) is 4.99 Å². The molecule has 6 heteroatoms. The molecule has 1 saturated heterocycles. The van der Waals surface area contributed by atoms with Crippen molar-refractivity contribution in [1.29, 1.82) is 0 Å². The van der Waals surface area contributed by atoms with E-state index in [2.05, 4.69) is 44.7 Å². The van der Waals surface area contributed by atoms with E-state index in [4.69, 9.17) is 0 Å². The van der Waals surface area contributed by atoms with Gasteiger partial charge in [0.2, 0.25) is 0 Å². The highest BCUT2D eigenvalue weighted by molar-refractivity contribution is 7.09. The van der Waals surface area contributed by atoms with Gasteiger partial charge in [-0.3, -0.25) is 9.89 Å². The monoisotopic (exact) mass is 351 g/mol. The summed E-state index contributed by atoms with van der Waals surface area (Å²) in [5.41, 5.74) is 1.29. The van der Waals surface area contributed by atoms with Crippen molar-refractivity contribution in [2.45, 2.75) is 58.4 Å². The molecule has 0 amide bonds. The molecule has 5 nitrogen and oxygen atoms in total. The zero-order valence-electron chi connectivity index (χ0n) is 15.7. The van der Waals surface area contributed by atoms with E-state index >= 15 is 0 Å². The summed E-state index contributed by atoms with van der Waals surface area (Å²) < 4.78 is 0. The van der Waals surface area contributed by atoms with Crippen molar-refractivity contribution in [3.8, 4) is 0 Å². The number of piperidine rings is 1. The van der Waals surface area contributed by atoms with Gasteiger partial charge in [-0.05, 0) is 53.1 Å².